The highest BCUT2D eigenvalue weighted by atomic mass is 16.6. The van der Waals surface area contributed by atoms with Crippen LogP contribution in [0.25, 0.3) is 0 Å². The minimum atomic E-state index is -1.15. The maximum Gasteiger partial charge on any atom is 0.434 e. The summed E-state index contributed by atoms with van der Waals surface area (Å²) in [5, 5.41) is 20.9. The first-order chi connectivity index (χ1) is 11.0. The quantitative estimate of drug-likeness (QED) is 0.486. The standard InChI is InChI=1S/C14H12N4O5/c19-9(7-16-6-5-15-14(16)18(22)23)8-17-12(20)10-3-1-2-4-11(10)13(17)21/h1-6,9,19H,7-8H2/t9-/m0/s1. The van der Waals surface area contributed by atoms with Crippen molar-refractivity contribution in [2.24, 2.45) is 0 Å². The van der Waals surface area contributed by atoms with Crippen LogP contribution in [-0.4, -0.2) is 48.9 Å². The zero-order valence-electron chi connectivity index (χ0n) is 11.8. The van der Waals surface area contributed by atoms with Crippen LogP contribution in [0, 0.1) is 10.1 Å². The van der Waals surface area contributed by atoms with Crippen molar-refractivity contribution in [3.63, 3.8) is 0 Å². The summed E-state index contributed by atoms with van der Waals surface area (Å²) in [5.74, 6) is -1.37. The molecule has 2 heterocycles. The molecule has 0 unspecified atom stereocenters. The van der Waals surface area contributed by atoms with Gasteiger partial charge >= 0.3 is 5.95 Å². The van der Waals surface area contributed by atoms with Crippen LogP contribution < -0.4 is 0 Å². The van der Waals surface area contributed by atoms with Gasteiger partial charge in [-0.1, -0.05) is 17.1 Å². The highest BCUT2D eigenvalue weighted by Gasteiger charge is 2.36. The Labute approximate surface area is 129 Å². The van der Waals surface area contributed by atoms with Gasteiger partial charge in [0, 0.05) is 0 Å². The fraction of sp³-hybridized carbons (Fsp3) is 0.214. The van der Waals surface area contributed by atoms with Crippen LogP contribution in [0.2, 0.25) is 0 Å². The molecular formula is C14H12N4O5. The Morgan fingerprint density at radius 3 is 2.35 bits per heavy atom. The van der Waals surface area contributed by atoms with Crippen LogP contribution in [0.1, 0.15) is 20.7 Å². The number of hydrogen-bond acceptors (Lipinski definition) is 6. The van der Waals surface area contributed by atoms with Crippen molar-refractivity contribution in [3.8, 4) is 0 Å². The Hall–Kier alpha value is -3.07. The Balaban J connectivity index is 1.73. The lowest BCUT2D eigenvalue weighted by Gasteiger charge is -2.17. The monoisotopic (exact) mass is 316 g/mol. The van der Waals surface area contributed by atoms with Crippen LogP contribution in [0.5, 0.6) is 0 Å². The Kier molecular flexibility index (Phi) is 3.62. The molecule has 1 aliphatic rings. The summed E-state index contributed by atoms with van der Waals surface area (Å²) in [6.45, 7) is -0.397. The van der Waals surface area contributed by atoms with Gasteiger partial charge in [0.1, 0.15) is 18.5 Å². The number of imidazole rings is 1. The number of carbonyl (C=O) groups is 2. The summed E-state index contributed by atoms with van der Waals surface area (Å²) in [7, 11) is 0. The lowest BCUT2D eigenvalue weighted by molar-refractivity contribution is -0.397. The molecule has 1 aliphatic heterocycles. The smallest absolute Gasteiger partial charge is 0.390 e. The van der Waals surface area contributed by atoms with Crippen molar-refractivity contribution in [3.05, 3.63) is 57.9 Å². The third-order valence-corrected chi connectivity index (χ3v) is 3.54. The van der Waals surface area contributed by atoms with Crippen LogP contribution in [0.3, 0.4) is 0 Å². The number of nitro groups is 1. The number of nitrogens with zero attached hydrogens (tertiary/aromatic N) is 4. The average molecular weight is 316 g/mol. The van der Waals surface area contributed by atoms with Crippen LogP contribution in [0.15, 0.2) is 36.7 Å². The number of aromatic nitrogens is 2. The molecule has 0 spiro atoms. The second-order valence-electron chi connectivity index (χ2n) is 5.06. The highest BCUT2D eigenvalue weighted by Crippen LogP contribution is 2.22. The average Bonchev–Trinajstić information content (AvgIpc) is 3.07. The molecule has 0 bridgehead atoms. The van der Waals surface area contributed by atoms with Gasteiger partial charge in [-0.05, 0) is 17.1 Å². The molecular weight excluding hydrogens is 304 g/mol. The first-order valence-electron chi connectivity index (χ1n) is 6.78. The van der Waals surface area contributed by atoms with Crippen molar-refractivity contribution < 1.29 is 19.6 Å². The zero-order valence-corrected chi connectivity index (χ0v) is 11.8. The molecule has 1 N–H and O–H groups in total. The molecule has 2 amide bonds. The number of aliphatic hydroxyl groups is 1. The Morgan fingerprint density at radius 2 is 1.78 bits per heavy atom. The third kappa shape index (κ3) is 2.57. The van der Waals surface area contributed by atoms with Gasteiger partial charge in [-0.3, -0.25) is 14.5 Å². The molecule has 118 valence electrons. The maximum absolute atomic E-state index is 12.2. The van der Waals surface area contributed by atoms with Crippen molar-refractivity contribution in [1.82, 2.24) is 14.5 Å². The number of amides is 2. The van der Waals surface area contributed by atoms with Gasteiger partial charge < -0.3 is 15.2 Å². The van der Waals surface area contributed by atoms with Crippen LogP contribution in [0.4, 0.5) is 5.95 Å². The van der Waals surface area contributed by atoms with Gasteiger partial charge in [-0.25, -0.2) is 4.57 Å². The molecule has 23 heavy (non-hydrogen) atoms. The summed E-state index contributed by atoms with van der Waals surface area (Å²) < 4.78 is 1.16. The van der Waals surface area contributed by atoms with Gasteiger partial charge in [0.15, 0.2) is 0 Å². The summed E-state index contributed by atoms with van der Waals surface area (Å²) in [4.78, 5) is 39.0. The number of rotatable bonds is 5. The summed E-state index contributed by atoms with van der Waals surface area (Å²) >= 11 is 0. The predicted molar refractivity (Wildman–Crippen MR) is 76.7 cm³/mol. The second kappa shape index (κ2) is 5.61. The molecule has 1 aromatic heterocycles. The Bertz CT molecular complexity index is 765. The molecule has 0 radical (unpaired) electrons. The van der Waals surface area contributed by atoms with E-state index in [9.17, 15) is 24.8 Å². The summed E-state index contributed by atoms with van der Waals surface area (Å²) in [6, 6.07) is 6.39. The van der Waals surface area contributed by atoms with Gasteiger partial charge in [-0.15, -0.1) is 0 Å². The summed E-state index contributed by atoms with van der Waals surface area (Å²) in [6.07, 6.45) is 1.45. The number of hydrogen-bond donors (Lipinski definition) is 1. The van der Waals surface area contributed by atoms with E-state index < -0.39 is 28.8 Å². The lowest BCUT2D eigenvalue weighted by Crippen LogP contribution is -2.38. The largest absolute Gasteiger partial charge is 0.434 e. The number of β-amino-alcohol motifs (C(OH)–C–C–N with tert-alkyl or cyclic N) is 1. The van der Waals surface area contributed by atoms with Gasteiger partial charge in [-0.2, -0.15) is 0 Å². The molecule has 0 saturated carbocycles. The van der Waals surface area contributed by atoms with Gasteiger partial charge in [0.05, 0.1) is 24.2 Å². The lowest BCUT2D eigenvalue weighted by atomic mass is 10.1. The van der Waals surface area contributed by atoms with E-state index in [4.69, 9.17) is 0 Å². The highest BCUT2D eigenvalue weighted by molar-refractivity contribution is 6.21. The molecule has 3 rings (SSSR count). The number of aliphatic hydroxyl groups excluding tert-OH is 1. The minimum Gasteiger partial charge on any atom is -0.390 e. The van der Waals surface area contributed by atoms with Crippen molar-refractivity contribution >= 4 is 17.8 Å². The SMILES string of the molecule is O=C1c2ccccc2C(=O)N1C[C@@H](O)Cn1ccnc1[N+](=O)[O-]. The maximum atomic E-state index is 12.2. The number of benzene rings is 1. The van der Waals surface area contributed by atoms with Crippen LogP contribution in [-0.2, 0) is 6.54 Å². The molecule has 0 aliphatic carbocycles. The predicted octanol–water partition coefficient (Wildman–Crippen LogP) is 0.448. The van der Waals surface area contributed by atoms with Crippen molar-refractivity contribution in [2.75, 3.05) is 6.54 Å². The molecule has 2 aromatic rings. The topological polar surface area (TPSA) is 119 Å². The van der Waals surface area contributed by atoms with Crippen molar-refractivity contribution in [2.45, 2.75) is 12.6 Å². The van der Waals surface area contributed by atoms with Gasteiger partial charge in [0.2, 0.25) is 0 Å². The van der Waals surface area contributed by atoms with Crippen molar-refractivity contribution in [1.29, 1.82) is 0 Å². The van der Waals surface area contributed by atoms with E-state index in [1.165, 1.54) is 12.4 Å². The van der Waals surface area contributed by atoms with E-state index in [-0.39, 0.29) is 13.1 Å². The second-order valence-corrected chi connectivity index (χ2v) is 5.06. The number of fused-ring (bicyclic) bond motifs is 1. The fourth-order valence-electron chi connectivity index (χ4n) is 2.52. The zero-order chi connectivity index (χ0) is 16.6. The number of imide groups is 1. The third-order valence-electron chi connectivity index (χ3n) is 3.54. The fourth-order valence-corrected chi connectivity index (χ4v) is 2.52. The first-order valence-corrected chi connectivity index (χ1v) is 6.78. The summed E-state index contributed by atoms with van der Waals surface area (Å²) in [5.41, 5.74) is 0.580. The molecule has 9 heteroatoms. The molecule has 0 fully saturated rings. The van der Waals surface area contributed by atoms with E-state index in [0.717, 1.165) is 9.47 Å². The molecule has 1 atom stereocenters. The van der Waals surface area contributed by atoms with E-state index >= 15 is 0 Å². The van der Waals surface area contributed by atoms with Crippen LogP contribution >= 0.6 is 0 Å². The molecule has 9 nitrogen and oxygen atoms in total. The molecule has 1 aromatic carbocycles. The van der Waals surface area contributed by atoms with Gasteiger partial charge in [0.25, 0.3) is 11.8 Å². The normalized spacial score (nSPS) is 14.9. The Morgan fingerprint density at radius 1 is 1.17 bits per heavy atom. The first kappa shape index (κ1) is 14.9. The number of carbonyl (C=O) groups excluding carboxylic acids is 2. The van der Waals surface area contributed by atoms with E-state index in [1.54, 1.807) is 24.3 Å². The minimum absolute atomic E-state index is 0.149. The molecule has 0 saturated heterocycles. The van der Waals surface area contributed by atoms with E-state index in [0.29, 0.717) is 11.1 Å². The van der Waals surface area contributed by atoms with E-state index in [2.05, 4.69) is 4.98 Å². The van der Waals surface area contributed by atoms with E-state index in [1.807, 2.05) is 0 Å².